The summed E-state index contributed by atoms with van der Waals surface area (Å²) in [6, 6.07) is 1.74. The molecule has 2 aromatic rings. The fraction of sp³-hybridized carbons (Fsp3) is 0.222. The van der Waals surface area contributed by atoms with E-state index in [4.69, 9.17) is 4.84 Å². The van der Waals surface area contributed by atoms with Gasteiger partial charge in [-0.1, -0.05) is 0 Å². The number of hydrogen-bond donors (Lipinski definition) is 0. The quantitative estimate of drug-likeness (QED) is 0.666. The van der Waals surface area contributed by atoms with Crippen LogP contribution in [-0.2, 0) is 4.84 Å². The van der Waals surface area contributed by atoms with Crippen LogP contribution in [-0.4, -0.2) is 39.7 Å². The molecule has 15 heavy (non-hydrogen) atoms. The Morgan fingerprint density at radius 1 is 1.60 bits per heavy atom. The van der Waals surface area contributed by atoms with Crippen molar-refractivity contribution in [3.8, 4) is 0 Å². The monoisotopic (exact) mass is 206 g/mol. The van der Waals surface area contributed by atoms with Gasteiger partial charge in [-0.3, -0.25) is 9.63 Å². The lowest BCUT2D eigenvalue weighted by molar-refractivity contribution is -0.0755. The molecule has 0 spiro atoms. The molecule has 0 aromatic carbocycles. The summed E-state index contributed by atoms with van der Waals surface area (Å²) in [5.41, 5.74) is 0.936. The predicted molar refractivity (Wildman–Crippen MR) is 52.1 cm³/mol. The molecular formula is C9H10N4O2. The van der Waals surface area contributed by atoms with E-state index in [1.807, 2.05) is 0 Å². The lowest BCUT2D eigenvalue weighted by Crippen LogP contribution is -2.25. The Labute approximate surface area is 86.0 Å². The van der Waals surface area contributed by atoms with Crippen molar-refractivity contribution in [1.82, 2.24) is 19.7 Å². The van der Waals surface area contributed by atoms with Gasteiger partial charge in [-0.25, -0.2) is 14.6 Å². The summed E-state index contributed by atoms with van der Waals surface area (Å²) in [6.45, 7) is 0. The maximum atomic E-state index is 11.8. The zero-order valence-corrected chi connectivity index (χ0v) is 8.41. The van der Waals surface area contributed by atoms with Gasteiger partial charge in [0.1, 0.15) is 5.56 Å². The molecule has 0 atom stereocenters. The highest BCUT2D eigenvalue weighted by Gasteiger charge is 2.17. The average Bonchev–Trinajstić information content (AvgIpc) is 2.70. The number of rotatable bonds is 2. The number of aromatic nitrogens is 3. The molecule has 0 aliphatic carbocycles. The van der Waals surface area contributed by atoms with Gasteiger partial charge in [0.2, 0.25) is 0 Å². The fourth-order valence-electron chi connectivity index (χ4n) is 1.23. The van der Waals surface area contributed by atoms with Crippen LogP contribution in [0, 0.1) is 0 Å². The van der Waals surface area contributed by atoms with Crippen molar-refractivity contribution < 1.29 is 9.63 Å². The van der Waals surface area contributed by atoms with Crippen LogP contribution >= 0.6 is 0 Å². The third kappa shape index (κ3) is 1.55. The normalized spacial score (nSPS) is 10.5. The first kappa shape index (κ1) is 9.60. The first-order valence-corrected chi connectivity index (χ1v) is 4.34. The molecule has 0 saturated carbocycles. The van der Waals surface area contributed by atoms with E-state index < -0.39 is 0 Å². The molecular weight excluding hydrogens is 196 g/mol. The minimum absolute atomic E-state index is 0.272. The van der Waals surface area contributed by atoms with Crippen molar-refractivity contribution in [2.75, 3.05) is 14.2 Å². The van der Waals surface area contributed by atoms with Crippen molar-refractivity contribution in [2.45, 2.75) is 0 Å². The van der Waals surface area contributed by atoms with Crippen molar-refractivity contribution >= 4 is 11.6 Å². The lowest BCUT2D eigenvalue weighted by Gasteiger charge is -2.11. The first-order chi connectivity index (χ1) is 7.24. The summed E-state index contributed by atoms with van der Waals surface area (Å²) in [7, 11) is 2.96. The minimum atomic E-state index is -0.272. The molecule has 6 nitrogen and oxygen atoms in total. The molecule has 6 heteroatoms. The standard InChI is InChI=1S/C9H10N4O2/c1-12(15-2)9(14)7-6-11-13-5-3-4-10-8(7)13/h3-6H,1-2H3. The van der Waals surface area contributed by atoms with Crippen LogP contribution in [0.3, 0.4) is 0 Å². The van der Waals surface area contributed by atoms with Gasteiger partial charge in [0, 0.05) is 19.4 Å². The van der Waals surface area contributed by atoms with E-state index in [0.717, 1.165) is 5.06 Å². The Hall–Kier alpha value is -1.95. The summed E-state index contributed by atoms with van der Waals surface area (Å²) in [5.74, 6) is -0.272. The van der Waals surface area contributed by atoms with Gasteiger partial charge in [-0.05, 0) is 6.07 Å². The summed E-state index contributed by atoms with van der Waals surface area (Å²) in [5, 5.41) is 5.14. The third-order valence-electron chi connectivity index (χ3n) is 2.07. The molecule has 78 valence electrons. The van der Waals surface area contributed by atoms with Crippen LogP contribution in [0.4, 0.5) is 0 Å². The van der Waals surface area contributed by atoms with Crippen LogP contribution in [0.1, 0.15) is 10.4 Å². The van der Waals surface area contributed by atoms with E-state index in [1.165, 1.54) is 24.9 Å². The van der Waals surface area contributed by atoms with Crippen LogP contribution in [0.2, 0.25) is 0 Å². The van der Waals surface area contributed by atoms with Gasteiger partial charge in [0.25, 0.3) is 5.91 Å². The molecule has 0 fully saturated rings. The van der Waals surface area contributed by atoms with Crippen LogP contribution in [0.25, 0.3) is 5.65 Å². The third-order valence-corrected chi connectivity index (χ3v) is 2.07. The predicted octanol–water partition coefficient (Wildman–Crippen LogP) is 0.363. The van der Waals surface area contributed by atoms with Gasteiger partial charge in [0.05, 0.1) is 13.3 Å². The molecule has 1 amide bonds. The van der Waals surface area contributed by atoms with E-state index >= 15 is 0 Å². The molecule has 2 rings (SSSR count). The average molecular weight is 206 g/mol. The van der Waals surface area contributed by atoms with Gasteiger partial charge in [-0.2, -0.15) is 5.10 Å². The van der Waals surface area contributed by atoms with E-state index in [-0.39, 0.29) is 5.91 Å². The van der Waals surface area contributed by atoms with E-state index in [2.05, 4.69) is 10.1 Å². The summed E-state index contributed by atoms with van der Waals surface area (Å²) in [4.78, 5) is 20.6. The molecule has 0 unspecified atom stereocenters. The number of amides is 1. The molecule has 0 bridgehead atoms. The zero-order valence-electron chi connectivity index (χ0n) is 8.41. The van der Waals surface area contributed by atoms with Crippen molar-refractivity contribution in [3.63, 3.8) is 0 Å². The topological polar surface area (TPSA) is 59.7 Å². The Kier molecular flexibility index (Phi) is 2.34. The molecule has 0 aliphatic rings. The van der Waals surface area contributed by atoms with E-state index in [1.54, 1.807) is 18.5 Å². The molecule has 0 radical (unpaired) electrons. The SMILES string of the molecule is CON(C)C(=O)c1cnn2cccnc12. The number of carbonyl (C=O) groups excluding carboxylic acids is 1. The van der Waals surface area contributed by atoms with Gasteiger partial charge in [0.15, 0.2) is 5.65 Å². The molecule has 2 heterocycles. The number of hydrogen-bond acceptors (Lipinski definition) is 4. The Morgan fingerprint density at radius 2 is 2.40 bits per heavy atom. The summed E-state index contributed by atoms with van der Waals surface area (Å²) >= 11 is 0. The largest absolute Gasteiger partial charge is 0.282 e. The van der Waals surface area contributed by atoms with Gasteiger partial charge < -0.3 is 0 Å². The summed E-state index contributed by atoms with van der Waals surface area (Å²) in [6.07, 6.45) is 4.81. The lowest BCUT2D eigenvalue weighted by atomic mass is 10.3. The van der Waals surface area contributed by atoms with Gasteiger partial charge >= 0.3 is 0 Å². The molecule has 0 saturated heterocycles. The highest BCUT2D eigenvalue weighted by atomic mass is 16.7. The highest BCUT2D eigenvalue weighted by molar-refractivity contribution is 5.98. The van der Waals surface area contributed by atoms with Gasteiger partial charge in [-0.15, -0.1) is 0 Å². The molecule has 2 aromatic heterocycles. The zero-order chi connectivity index (χ0) is 10.8. The Morgan fingerprint density at radius 3 is 3.13 bits per heavy atom. The number of nitrogens with zero attached hydrogens (tertiary/aromatic N) is 4. The fourth-order valence-corrected chi connectivity index (χ4v) is 1.23. The Bertz CT molecular complexity index is 494. The summed E-state index contributed by atoms with van der Waals surface area (Å²) < 4.78 is 1.54. The smallest absolute Gasteiger partial charge is 0.274 e. The second-order valence-electron chi connectivity index (χ2n) is 2.93. The molecule has 0 N–H and O–H groups in total. The molecule has 0 aliphatic heterocycles. The van der Waals surface area contributed by atoms with Crippen molar-refractivity contribution in [2.24, 2.45) is 0 Å². The van der Waals surface area contributed by atoms with Crippen LogP contribution < -0.4 is 0 Å². The minimum Gasteiger partial charge on any atom is -0.274 e. The second kappa shape index (κ2) is 3.66. The number of hydroxylamine groups is 2. The maximum Gasteiger partial charge on any atom is 0.282 e. The van der Waals surface area contributed by atoms with E-state index in [0.29, 0.717) is 11.2 Å². The first-order valence-electron chi connectivity index (χ1n) is 4.34. The maximum absolute atomic E-state index is 11.8. The number of carbonyl (C=O) groups is 1. The van der Waals surface area contributed by atoms with Crippen LogP contribution in [0.15, 0.2) is 24.7 Å². The van der Waals surface area contributed by atoms with E-state index in [9.17, 15) is 4.79 Å². The second-order valence-corrected chi connectivity index (χ2v) is 2.93. The van der Waals surface area contributed by atoms with Crippen molar-refractivity contribution in [3.05, 3.63) is 30.2 Å². The van der Waals surface area contributed by atoms with Crippen LogP contribution in [0.5, 0.6) is 0 Å². The van der Waals surface area contributed by atoms with Crippen molar-refractivity contribution in [1.29, 1.82) is 0 Å². The Balaban J connectivity index is 2.48. The number of fused-ring (bicyclic) bond motifs is 1. The highest BCUT2D eigenvalue weighted by Crippen LogP contribution is 2.09.